The maximum atomic E-state index is 13.2. The van der Waals surface area contributed by atoms with Crippen LogP contribution in [0.15, 0.2) is 24.3 Å². The minimum absolute atomic E-state index is 0.288. The molecule has 2 atom stereocenters. The fraction of sp³-hybridized carbons (Fsp3) is 0.462. The van der Waals surface area contributed by atoms with Crippen LogP contribution < -0.4 is 5.32 Å². The number of esters is 1. The number of halogens is 1. The van der Waals surface area contributed by atoms with Gasteiger partial charge in [-0.1, -0.05) is 13.0 Å². The number of hydrogen-bond donors (Lipinski definition) is 1. The van der Waals surface area contributed by atoms with Crippen LogP contribution in [0.25, 0.3) is 0 Å². The summed E-state index contributed by atoms with van der Waals surface area (Å²) in [7, 11) is 1.38. The summed E-state index contributed by atoms with van der Waals surface area (Å²) in [5.41, 5.74) is -0.137. The first-order valence-electron chi connectivity index (χ1n) is 5.79. The molecule has 3 nitrogen and oxygen atoms in total. The highest BCUT2D eigenvalue weighted by Gasteiger charge is 2.45. The summed E-state index contributed by atoms with van der Waals surface area (Å²) in [6.07, 6.45) is 0.681. The van der Waals surface area contributed by atoms with Gasteiger partial charge in [0.15, 0.2) is 0 Å². The summed E-state index contributed by atoms with van der Waals surface area (Å²) >= 11 is 1.71. The van der Waals surface area contributed by atoms with Crippen molar-refractivity contribution >= 4 is 23.4 Å². The average Bonchev–Trinajstić information content (AvgIpc) is 2.71. The topological polar surface area (TPSA) is 38.3 Å². The molecule has 0 amide bonds. The number of nitrogens with one attached hydrogen (secondary N) is 1. The number of anilines is 1. The van der Waals surface area contributed by atoms with Gasteiger partial charge < -0.3 is 10.1 Å². The van der Waals surface area contributed by atoms with Crippen molar-refractivity contribution in [1.82, 2.24) is 0 Å². The fourth-order valence-electron chi connectivity index (χ4n) is 2.21. The number of hydrogen-bond acceptors (Lipinski definition) is 4. The zero-order chi connectivity index (χ0) is 13.2. The van der Waals surface area contributed by atoms with Gasteiger partial charge in [0.25, 0.3) is 0 Å². The van der Waals surface area contributed by atoms with E-state index in [0.717, 1.165) is 0 Å². The van der Waals surface area contributed by atoms with E-state index in [1.807, 2.05) is 0 Å². The normalized spacial score (nSPS) is 26.9. The molecule has 0 spiro atoms. The van der Waals surface area contributed by atoms with E-state index in [2.05, 4.69) is 12.2 Å². The van der Waals surface area contributed by atoms with Gasteiger partial charge in [-0.05, 0) is 24.6 Å². The van der Waals surface area contributed by atoms with Gasteiger partial charge in [0.2, 0.25) is 0 Å². The van der Waals surface area contributed by atoms with Crippen LogP contribution in [0.2, 0.25) is 0 Å². The maximum Gasteiger partial charge on any atom is 0.332 e. The van der Waals surface area contributed by atoms with E-state index in [1.165, 1.54) is 19.2 Å². The first-order chi connectivity index (χ1) is 8.55. The van der Waals surface area contributed by atoms with E-state index in [1.54, 1.807) is 23.9 Å². The monoisotopic (exact) mass is 269 g/mol. The van der Waals surface area contributed by atoms with E-state index in [9.17, 15) is 9.18 Å². The Balaban J connectivity index is 2.23. The molecular weight excluding hydrogens is 253 g/mol. The number of carbonyl (C=O) groups excluding carboxylic acids is 1. The summed E-state index contributed by atoms with van der Waals surface area (Å²) in [4.78, 5) is 12.0. The van der Waals surface area contributed by atoms with Crippen LogP contribution in [-0.4, -0.2) is 29.6 Å². The highest BCUT2D eigenvalue weighted by atomic mass is 32.2. The van der Waals surface area contributed by atoms with Crippen molar-refractivity contribution in [3.63, 3.8) is 0 Å². The number of rotatable bonds is 3. The molecule has 1 aromatic carbocycles. The Morgan fingerprint density at radius 2 is 2.39 bits per heavy atom. The van der Waals surface area contributed by atoms with Crippen LogP contribution in [0.5, 0.6) is 0 Å². The molecule has 98 valence electrons. The predicted octanol–water partition coefficient (Wildman–Crippen LogP) is 2.67. The van der Waals surface area contributed by atoms with Crippen molar-refractivity contribution < 1.29 is 13.9 Å². The lowest BCUT2D eigenvalue weighted by atomic mass is 9.96. The molecule has 5 heteroatoms. The SMILES string of the molecule is COC(=O)C1(Nc2cccc(F)c2)CSC(C)C1. The van der Waals surface area contributed by atoms with Crippen LogP contribution in [0, 0.1) is 5.82 Å². The molecular formula is C13H16FNO2S. The van der Waals surface area contributed by atoms with E-state index >= 15 is 0 Å². The summed E-state index contributed by atoms with van der Waals surface area (Å²) < 4.78 is 18.0. The van der Waals surface area contributed by atoms with Crippen molar-refractivity contribution in [1.29, 1.82) is 0 Å². The van der Waals surface area contributed by atoms with Crippen LogP contribution >= 0.6 is 11.8 Å². The van der Waals surface area contributed by atoms with Gasteiger partial charge in [-0.2, -0.15) is 11.8 Å². The number of carbonyl (C=O) groups is 1. The van der Waals surface area contributed by atoms with Gasteiger partial charge in [0.1, 0.15) is 11.4 Å². The highest BCUT2D eigenvalue weighted by molar-refractivity contribution is 8.00. The second-order valence-corrected chi connectivity index (χ2v) is 5.96. The van der Waals surface area contributed by atoms with Crippen molar-refractivity contribution in [2.24, 2.45) is 0 Å². The van der Waals surface area contributed by atoms with E-state index in [-0.39, 0.29) is 11.8 Å². The van der Waals surface area contributed by atoms with Crippen molar-refractivity contribution in [3.05, 3.63) is 30.1 Å². The summed E-state index contributed by atoms with van der Waals surface area (Å²) in [6, 6.07) is 6.13. The van der Waals surface area contributed by atoms with Gasteiger partial charge >= 0.3 is 5.97 Å². The molecule has 1 aliphatic rings. The largest absolute Gasteiger partial charge is 0.467 e. The number of benzene rings is 1. The molecule has 2 rings (SSSR count). The quantitative estimate of drug-likeness (QED) is 0.856. The molecule has 0 saturated carbocycles. The summed E-state index contributed by atoms with van der Waals surface area (Å²) in [6.45, 7) is 2.07. The third-order valence-corrected chi connectivity index (χ3v) is 4.43. The highest BCUT2D eigenvalue weighted by Crippen LogP contribution is 2.37. The molecule has 18 heavy (non-hydrogen) atoms. The smallest absolute Gasteiger partial charge is 0.332 e. The minimum Gasteiger partial charge on any atom is -0.467 e. The molecule has 1 aromatic rings. The molecule has 1 fully saturated rings. The lowest BCUT2D eigenvalue weighted by molar-refractivity contribution is -0.145. The summed E-state index contributed by atoms with van der Waals surface area (Å²) in [5, 5.41) is 3.52. The third-order valence-electron chi connectivity index (χ3n) is 3.03. The number of thioether (sulfide) groups is 1. The van der Waals surface area contributed by atoms with Crippen molar-refractivity contribution in [2.45, 2.75) is 24.1 Å². The Labute approximate surface area is 110 Å². The zero-order valence-electron chi connectivity index (χ0n) is 10.4. The van der Waals surface area contributed by atoms with Gasteiger partial charge in [-0.25, -0.2) is 9.18 Å². The molecule has 0 aliphatic carbocycles. The lowest BCUT2D eigenvalue weighted by Crippen LogP contribution is -2.47. The van der Waals surface area contributed by atoms with Crippen LogP contribution in [-0.2, 0) is 9.53 Å². The molecule has 0 aromatic heterocycles. The molecule has 1 N–H and O–H groups in total. The van der Waals surface area contributed by atoms with Gasteiger partial charge in [0, 0.05) is 16.7 Å². The number of methoxy groups -OCH3 is 1. The zero-order valence-corrected chi connectivity index (χ0v) is 11.2. The molecule has 1 saturated heterocycles. The van der Waals surface area contributed by atoms with Gasteiger partial charge in [-0.15, -0.1) is 0 Å². The second-order valence-electron chi connectivity index (χ2n) is 4.53. The Bertz CT molecular complexity index is 454. The Morgan fingerprint density at radius 3 is 2.94 bits per heavy atom. The maximum absolute atomic E-state index is 13.2. The molecule has 2 unspecified atom stereocenters. The fourth-order valence-corrected chi connectivity index (χ4v) is 3.49. The molecule has 0 bridgehead atoms. The summed E-state index contributed by atoms with van der Waals surface area (Å²) in [5.74, 6) is 0.0273. The first kappa shape index (κ1) is 13.2. The van der Waals surface area contributed by atoms with E-state index < -0.39 is 5.54 Å². The second kappa shape index (κ2) is 5.18. The number of ether oxygens (including phenoxy) is 1. The van der Waals surface area contributed by atoms with Crippen LogP contribution in [0.1, 0.15) is 13.3 Å². The first-order valence-corrected chi connectivity index (χ1v) is 6.84. The van der Waals surface area contributed by atoms with Crippen molar-refractivity contribution in [2.75, 3.05) is 18.2 Å². The Kier molecular flexibility index (Phi) is 3.80. The Morgan fingerprint density at radius 1 is 1.61 bits per heavy atom. The van der Waals surface area contributed by atoms with E-state index in [0.29, 0.717) is 23.1 Å². The van der Waals surface area contributed by atoms with Crippen LogP contribution in [0.3, 0.4) is 0 Å². The lowest BCUT2D eigenvalue weighted by Gasteiger charge is -2.28. The molecule has 1 heterocycles. The third kappa shape index (κ3) is 2.61. The molecule has 1 aliphatic heterocycles. The standard InChI is InChI=1S/C13H16FNO2S/c1-9-7-13(8-18-9,12(16)17-2)15-11-5-3-4-10(14)6-11/h3-6,9,15H,7-8H2,1-2H3. The van der Waals surface area contributed by atoms with Gasteiger partial charge in [0.05, 0.1) is 7.11 Å². The predicted molar refractivity (Wildman–Crippen MR) is 71.3 cm³/mol. The minimum atomic E-state index is -0.743. The van der Waals surface area contributed by atoms with Crippen LogP contribution in [0.4, 0.5) is 10.1 Å². The molecule has 0 radical (unpaired) electrons. The Hall–Kier alpha value is -1.23. The van der Waals surface area contributed by atoms with Gasteiger partial charge in [-0.3, -0.25) is 0 Å². The van der Waals surface area contributed by atoms with Crippen molar-refractivity contribution in [3.8, 4) is 0 Å². The van der Waals surface area contributed by atoms with E-state index in [4.69, 9.17) is 4.74 Å². The average molecular weight is 269 g/mol.